The summed E-state index contributed by atoms with van der Waals surface area (Å²) in [6.07, 6.45) is 0.435. The van der Waals surface area contributed by atoms with Crippen molar-refractivity contribution in [3.8, 4) is 0 Å². The van der Waals surface area contributed by atoms with Crippen LogP contribution in [0.4, 0.5) is 4.39 Å². The van der Waals surface area contributed by atoms with Gasteiger partial charge in [0.25, 0.3) is 13.9 Å². The maximum Gasteiger partial charge on any atom is 0.328 e. The van der Waals surface area contributed by atoms with Gasteiger partial charge in [-0.15, -0.1) is 0 Å². The summed E-state index contributed by atoms with van der Waals surface area (Å²) in [6, 6.07) is 19.8. The minimum Gasteiger partial charge on any atom is -0.407 e. The molecule has 2 N–H and O–H groups in total. The molecule has 0 bridgehead atoms. The summed E-state index contributed by atoms with van der Waals surface area (Å²) in [5, 5.41) is 12.9. The predicted molar refractivity (Wildman–Crippen MR) is 128 cm³/mol. The van der Waals surface area contributed by atoms with Gasteiger partial charge in [-0.05, 0) is 21.8 Å². The van der Waals surface area contributed by atoms with E-state index in [1.165, 1.54) is 0 Å². The number of aliphatic hydroxyl groups is 1. The number of hydrogen-bond acceptors (Lipinski definition) is 4. The van der Waals surface area contributed by atoms with Crippen LogP contribution in [-0.4, -0.2) is 35.7 Å². The number of hydrogen-bond donors (Lipinski definition) is 2. The molecule has 1 aliphatic carbocycles. The molecule has 174 valence electrons. The minimum atomic E-state index is -2.74. The Balaban J connectivity index is 1.62. The zero-order chi connectivity index (χ0) is 23.8. The number of benzene rings is 2. The Labute approximate surface area is 192 Å². The molecule has 0 radical (unpaired) electrons. The van der Waals surface area contributed by atoms with Gasteiger partial charge in [-0.3, -0.25) is 14.3 Å². The van der Waals surface area contributed by atoms with E-state index in [9.17, 15) is 19.1 Å². The highest BCUT2D eigenvalue weighted by atomic mass is 28.4. The monoisotopic (exact) mass is 468 g/mol. The van der Waals surface area contributed by atoms with Gasteiger partial charge < -0.3 is 9.53 Å². The topological polar surface area (TPSA) is 84.3 Å². The molecule has 1 saturated carbocycles. The Hall–Kier alpha value is -2.81. The number of H-pyrrole nitrogens is 1. The van der Waals surface area contributed by atoms with Gasteiger partial charge in [0.05, 0.1) is 18.3 Å². The average molecular weight is 469 g/mol. The van der Waals surface area contributed by atoms with Crippen LogP contribution in [0.25, 0.3) is 0 Å². The summed E-state index contributed by atoms with van der Waals surface area (Å²) in [4.78, 5) is 25.4. The molecule has 0 saturated heterocycles. The van der Waals surface area contributed by atoms with E-state index in [4.69, 9.17) is 4.43 Å². The number of rotatable bonds is 6. The van der Waals surface area contributed by atoms with Crippen molar-refractivity contribution < 1.29 is 13.9 Å². The lowest BCUT2D eigenvalue weighted by atomic mass is 9.77. The highest BCUT2D eigenvalue weighted by Gasteiger charge is 2.52. The lowest BCUT2D eigenvalue weighted by molar-refractivity contribution is -0.0553. The second-order valence-corrected chi connectivity index (χ2v) is 14.0. The fourth-order valence-electron chi connectivity index (χ4n) is 4.85. The molecule has 1 aliphatic rings. The SMILES string of the molecule is CC(C)(C)[Si](OC[C@H]1C[C@@H](n2cc(F)c(=O)[nH]c2=O)[C@H]1O)(c1ccccc1)c1ccccc1. The molecule has 8 heteroatoms. The molecular formula is C25H29FN2O4Si. The molecule has 0 unspecified atom stereocenters. The molecular weight excluding hydrogens is 439 g/mol. The van der Waals surface area contributed by atoms with Crippen molar-refractivity contribution in [2.45, 2.75) is 44.4 Å². The largest absolute Gasteiger partial charge is 0.407 e. The van der Waals surface area contributed by atoms with Crippen LogP contribution in [0, 0.1) is 11.7 Å². The third kappa shape index (κ3) is 4.14. The maximum absolute atomic E-state index is 13.7. The Morgan fingerprint density at radius 1 is 1.06 bits per heavy atom. The van der Waals surface area contributed by atoms with Crippen LogP contribution < -0.4 is 21.6 Å². The van der Waals surface area contributed by atoms with Crippen LogP contribution in [0.2, 0.25) is 5.04 Å². The Bertz CT molecular complexity index is 1180. The normalized spacial score (nSPS) is 20.9. The third-order valence-corrected chi connectivity index (χ3v) is 11.6. The second kappa shape index (κ2) is 8.85. The maximum atomic E-state index is 13.7. The van der Waals surface area contributed by atoms with Gasteiger partial charge >= 0.3 is 5.69 Å². The summed E-state index contributed by atoms with van der Waals surface area (Å²) in [5.74, 6) is -1.26. The molecule has 1 aromatic heterocycles. The first-order valence-electron chi connectivity index (χ1n) is 11.1. The van der Waals surface area contributed by atoms with E-state index < -0.39 is 37.5 Å². The molecule has 2 aromatic carbocycles. The predicted octanol–water partition coefficient (Wildman–Crippen LogP) is 2.17. The summed E-state index contributed by atoms with van der Waals surface area (Å²) >= 11 is 0. The quantitative estimate of drug-likeness (QED) is 0.543. The van der Waals surface area contributed by atoms with Crippen molar-refractivity contribution in [3.05, 3.63) is 93.5 Å². The fourth-order valence-corrected chi connectivity index (χ4v) is 9.47. The number of nitrogens with one attached hydrogen (secondary N) is 1. The van der Waals surface area contributed by atoms with Gasteiger partial charge in [0, 0.05) is 12.5 Å². The van der Waals surface area contributed by atoms with Crippen molar-refractivity contribution in [1.82, 2.24) is 9.55 Å². The van der Waals surface area contributed by atoms with Gasteiger partial charge in [-0.25, -0.2) is 4.79 Å². The van der Waals surface area contributed by atoms with E-state index in [1.807, 2.05) is 41.4 Å². The first-order chi connectivity index (χ1) is 15.6. The van der Waals surface area contributed by atoms with E-state index in [-0.39, 0.29) is 11.0 Å². The van der Waals surface area contributed by atoms with E-state index in [2.05, 4.69) is 45.0 Å². The number of aromatic nitrogens is 2. The van der Waals surface area contributed by atoms with Crippen molar-refractivity contribution in [2.24, 2.45) is 5.92 Å². The van der Waals surface area contributed by atoms with Crippen molar-refractivity contribution >= 4 is 18.7 Å². The molecule has 3 aromatic rings. The highest BCUT2D eigenvalue weighted by Crippen LogP contribution is 2.41. The Morgan fingerprint density at radius 2 is 1.61 bits per heavy atom. The number of halogens is 1. The van der Waals surface area contributed by atoms with Gasteiger partial charge in [-0.1, -0.05) is 81.4 Å². The lowest BCUT2D eigenvalue weighted by Gasteiger charge is -2.47. The molecule has 0 spiro atoms. The fraction of sp³-hybridized carbons (Fsp3) is 0.360. The number of nitrogens with zero attached hydrogens (tertiary/aromatic N) is 1. The smallest absolute Gasteiger partial charge is 0.328 e. The molecule has 1 heterocycles. The van der Waals surface area contributed by atoms with Crippen molar-refractivity contribution in [1.29, 1.82) is 0 Å². The van der Waals surface area contributed by atoms with Crippen LogP contribution in [0.1, 0.15) is 33.2 Å². The Morgan fingerprint density at radius 3 is 2.09 bits per heavy atom. The molecule has 0 amide bonds. The van der Waals surface area contributed by atoms with Crippen LogP contribution >= 0.6 is 0 Å². The average Bonchev–Trinajstić information content (AvgIpc) is 2.79. The summed E-state index contributed by atoms with van der Waals surface area (Å²) < 4.78 is 21.6. The molecule has 4 rings (SSSR count). The molecule has 0 aliphatic heterocycles. The van der Waals surface area contributed by atoms with Gasteiger partial charge in [-0.2, -0.15) is 4.39 Å². The zero-order valence-electron chi connectivity index (χ0n) is 19.0. The van der Waals surface area contributed by atoms with Crippen LogP contribution in [0.5, 0.6) is 0 Å². The number of aliphatic hydroxyl groups excluding tert-OH is 1. The minimum absolute atomic E-state index is 0.192. The van der Waals surface area contributed by atoms with Crippen LogP contribution in [-0.2, 0) is 4.43 Å². The van der Waals surface area contributed by atoms with Crippen LogP contribution in [0.15, 0.2) is 76.4 Å². The van der Waals surface area contributed by atoms with E-state index in [1.54, 1.807) is 0 Å². The van der Waals surface area contributed by atoms with Gasteiger partial charge in [0.2, 0.25) is 5.82 Å². The zero-order valence-corrected chi connectivity index (χ0v) is 20.0. The van der Waals surface area contributed by atoms with Gasteiger partial charge in [0.1, 0.15) is 0 Å². The van der Waals surface area contributed by atoms with E-state index >= 15 is 0 Å². The van der Waals surface area contributed by atoms with Crippen molar-refractivity contribution in [3.63, 3.8) is 0 Å². The molecule has 3 atom stereocenters. The second-order valence-electron chi connectivity index (χ2n) is 9.67. The molecule has 6 nitrogen and oxygen atoms in total. The van der Waals surface area contributed by atoms with Gasteiger partial charge in [0.15, 0.2) is 0 Å². The lowest BCUT2D eigenvalue weighted by Crippen LogP contribution is -2.67. The highest BCUT2D eigenvalue weighted by molar-refractivity contribution is 6.99. The van der Waals surface area contributed by atoms with E-state index in [0.29, 0.717) is 13.0 Å². The first-order valence-corrected chi connectivity index (χ1v) is 13.0. The first kappa shape index (κ1) is 23.3. The summed E-state index contributed by atoms with van der Waals surface area (Å²) in [7, 11) is -2.74. The number of aromatic amines is 1. The Kier molecular flexibility index (Phi) is 6.26. The molecule has 33 heavy (non-hydrogen) atoms. The molecule has 1 fully saturated rings. The summed E-state index contributed by atoms with van der Waals surface area (Å²) in [5.41, 5.74) is -1.78. The van der Waals surface area contributed by atoms with Crippen LogP contribution in [0.3, 0.4) is 0 Å². The van der Waals surface area contributed by atoms with E-state index in [0.717, 1.165) is 21.1 Å². The third-order valence-electron chi connectivity index (χ3n) is 6.63. The van der Waals surface area contributed by atoms with Crippen molar-refractivity contribution in [2.75, 3.05) is 6.61 Å². The standard InChI is InChI=1S/C25H29FN2O4Si/c1-25(2,3)33(18-10-6-4-7-11-18,19-12-8-5-9-13-19)32-16-17-14-21(22(17)29)28-15-20(26)23(30)27-24(28)31/h4-13,15,17,21-22,29H,14,16H2,1-3H3,(H,27,30,31)/t17-,21-,22+/m1/s1. The summed E-state index contributed by atoms with van der Waals surface area (Å²) in [6.45, 7) is 6.86.